The highest BCUT2D eigenvalue weighted by Gasteiger charge is 2.25. The smallest absolute Gasteiger partial charge is 0.318 e. The molecule has 0 amide bonds. The van der Waals surface area contributed by atoms with Crippen molar-refractivity contribution in [2.24, 2.45) is 0 Å². The van der Waals surface area contributed by atoms with Crippen LogP contribution < -0.4 is 20.3 Å². The van der Waals surface area contributed by atoms with E-state index in [0.717, 1.165) is 63.7 Å². The number of hydrogen-bond acceptors (Lipinski definition) is 7. The number of piperazine rings is 1. The SMILES string of the molecule is CN1CCC[C@H]1COc1nc2c(c(N3CCNCC3)n1)CCNC2. The molecule has 0 bridgehead atoms. The number of nitrogens with zero attached hydrogens (tertiary/aromatic N) is 4. The van der Waals surface area contributed by atoms with Gasteiger partial charge in [0.05, 0.1) is 5.69 Å². The molecule has 2 N–H and O–H groups in total. The van der Waals surface area contributed by atoms with Gasteiger partial charge < -0.3 is 25.2 Å². The maximum Gasteiger partial charge on any atom is 0.318 e. The minimum absolute atomic E-state index is 0.491. The zero-order chi connectivity index (χ0) is 16.4. The maximum atomic E-state index is 6.02. The van der Waals surface area contributed by atoms with Crippen molar-refractivity contribution in [3.05, 3.63) is 11.3 Å². The van der Waals surface area contributed by atoms with E-state index in [1.54, 1.807) is 0 Å². The third kappa shape index (κ3) is 3.34. The van der Waals surface area contributed by atoms with Gasteiger partial charge in [0.1, 0.15) is 12.4 Å². The van der Waals surface area contributed by atoms with Gasteiger partial charge in [-0.2, -0.15) is 9.97 Å². The molecule has 0 radical (unpaired) electrons. The Balaban J connectivity index is 1.55. The summed E-state index contributed by atoms with van der Waals surface area (Å²) in [6, 6.07) is 1.04. The van der Waals surface area contributed by atoms with E-state index in [1.165, 1.54) is 18.4 Å². The van der Waals surface area contributed by atoms with Gasteiger partial charge in [-0.05, 0) is 39.4 Å². The Kier molecular flexibility index (Phi) is 4.82. The lowest BCUT2D eigenvalue weighted by Gasteiger charge is -2.32. The fourth-order valence-electron chi connectivity index (χ4n) is 3.88. The van der Waals surface area contributed by atoms with Gasteiger partial charge in [-0.3, -0.25) is 0 Å². The minimum atomic E-state index is 0.491. The van der Waals surface area contributed by atoms with E-state index in [9.17, 15) is 0 Å². The van der Waals surface area contributed by atoms with Gasteiger partial charge in [-0.15, -0.1) is 0 Å². The predicted molar refractivity (Wildman–Crippen MR) is 93.7 cm³/mol. The molecule has 1 aromatic heterocycles. The van der Waals surface area contributed by atoms with Gasteiger partial charge in [-0.25, -0.2) is 0 Å². The number of aromatic nitrogens is 2. The van der Waals surface area contributed by atoms with Crippen LogP contribution in [-0.4, -0.2) is 73.8 Å². The molecule has 1 aromatic rings. The van der Waals surface area contributed by atoms with Crippen molar-refractivity contribution < 1.29 is 4.74 Å². The minimum Gasteiger partial charge on any atom is -0.462 e. The summed E-state index contributed by atoms with van der Waals surface area (Å²) in [6.07, 6.45) is 3.46. The van der Waals surface area contributed by atoms with E-state index in [1.807, 2.05) is 0 Å². The van der Waals surface area contributed by atoms with E-state index < -0.39 is 0 Å². The Labute approximate surface area is 143 Å². The standard InChI is InChI=1S/C17H28N6O/c1-22-8-2-3-13(22)12-24-17-20-15-11-19-5-4-14(15)16(21-17)23-9-6-18-7-10-23/h13,18-19H,2-12H2,1H3/t13-/m0/s1. The van der Waals surface area contributed by atoms with E-state index in [2.05, 4.69) is 27.5 Å². The molecule has 7 nitrogen and oxygen atoms in total. The first-order chi connectivity index (χ1) is 11.8. The molecule has 2 fully saturated rings. The first kappa shape index (κ1) is 16.1. The lowest BCUT2D eigenvalue weighted by molar-refractivity contribution is 0.187. The monoisotopic (exact) mass is 332 g/mol. The number of likely N-dealkylation sites (tertiary alicyclic amines) is 1. The second-order valence-electron chi connectivity index (χ2n) is 7.01. The summed E-state index contributed by atoms with van der Waals surface area (Å²) in [5.41, 5.74) is 2.42. The third-order valence-electron chi connectivity index (χ3n) is 5.39. The van der Waals surface area contributed by atoms with Crippen LogP contribution in [0, 0.1) is 0 Å². The Bertz CT molecular complexity index is 574. The Hall–Kier alpha value is -1.44. The lowest BCUT2D eigenvalue weighted by atomic mass is 10.1. The van der Waals surface area contributed by atoms with E-state index in [-0.39, 0.29) is 0 Å². The molecule has 3 aliphatic rings. The lowest BCUT2D eigenvalue weighted by Crippen LogP contribution is -2.45. The van der Waals surface area contributed by atoms with Crippen LogP contribution in [0.15, 0.2) is 0 Å². The van der Waals surface area contributed by atoms with Crippen LogP contribution in [0.3, 0.4) is 0 Å². The van der Waals surface area contributed by atoms with Gasteiger partial charge in [0, 0.05) is 44.3 Å². The van der Waals surface area contributed by atoms with Crippen molar-refractivity contribution in [1.29, 1.82) is 0 Å². The average Bonchev–Trinajstić information content (AvgIpc) is 3.05. The summed E-state index contributed by atoms with van der Waals surface area (Å²) < 4.78 is 6.02. The fraction of sp³-hybridized carbons (Fsp3) is 0.765. The zero-order valence-corrected chi connectivity index (χ0v) is 14.6. The number of nitrogens with one attached hydrogen (secondary N) is 2. The molecule has 0 aliphatic carbocycles. The second-order valence-corrected chi connectivity index (χ2v) is 7.01. The summed E-state index contributed by atoms with van der Waals surface area (Å²) in [4.78, 5) is 14.3. The Morgan fingerprint density at radius 3 is 2.79 bits per heavy atom. The molecule has 0 spiro atoms. The molecule has 7 heteroatoms. The first-order valence-electron chi connectivity index (χ1n) is 9.20. The molecule has 3 aliphatic heterocycles. The third-order valence-corrected chi connectivity index (χ3v) is 5.39. The van der Waals surface area contributed by atoms with Gasteiger partial charge in [0.2, 0.25) is 0 Å². The molecule has 24 heavy (non-hydrogen) atoms. The van der Waals surface area contributed by atoms with Crippen molar-refractivity contribution >= 4 is 5.82 Å². The van der Waals surface area contributed by atoms with Crippen molar-refractivity contribution in [1.82, 2.24) is 25.5 Å². The molecule has 132 valence electrons. The van der Waals surface area contributed by atoms with Crippen molar-refractivity contribution in [2.45, 2.75) is 31.8 Å². The highest BCUT2D eigenvalue weighted by atomic mass is 16.5. The number of rotatable bonds is 4. The number of fused-ring (bicyclic) bond motifs is 1. The van der Waals surface area contributed by atoms with E-state index in [4.69, 9.17) is 14.7 Å². The van der Waals surface area contributed by atoms with E-state index >= 15 is 0 Å². The van der Waals surface area contributed by atoms with Crippen molar-refractivity contribution in [3.63, 3.8) is 0 Å². The second kappa shape index (κ2) is 7.21. The predicted octanol–water partition coefficient (Wildman–Crippen LogP) is 0.00490. The van der Waals surface area contributed by atoms with E-state index in [0.29, 0.717) is 18.7 Å². The van der Waals surface area contributed by atoms with Crippen LogP contribution in [0.4, 0.5) is 5.82 Å². The Morgan fingerprint density at radius 1 is 1.12 bits per heavy atom. The first-order valence-corrected chi connectivity index (χ1v) is 9.20. The quantitative estimate of drug-likeness (QED) is 0.805. The highest BCUT2D eigenvalue weighted by Crippen LogP contribution is 2.27. The molecule has 0 aromatic carbocycles. The summed E-state index contributed by atoms with van der Waals surface area (Å²) in [5, 5.41) is 6.83. The number of anilines is 1. The molecular weight excluding hydrogens is 304 g/mol. The molecule has 2 saturated heterocycles. The highest BCUT2D eigenvalue weighted by molar-refractivity contribution is 5.51. The van der Waals surface area contributed by atoms with Gasteiger partial charge in [0.15, 0.2) is 0 Å². The zero-order valence-electron chi connectivity index (χ0n) is 14.6. The molecular formula is C17H28N6O. The summed E-state index contributed by atoms with van der Waals surface area (Å²) in [6.45, 7) is 7.70. The average molecular weight is 332 g/mol. The number of hydrogen-bond donors (Lipinski definition) is 2. The van der Waals surface area contributed by atoms with Gasteiger partial charge in [0.25, 0.3) is 0 Å². The van der Waals surface area contributed by atoms with Crippen LogP contribution in [0.5, 0.6) is 6.01 Å². The molecule has 0 saturated carbocycles. The van der Waals surface area contributed by atoms with Crippen LogP contribution in [0.25, 0.3) is 0 Å². The van der Waals surface area contributed by atoms with Crippen molar-refractivity contribution in [2.75, 3.05) is 57.8 Å². The normalized spacial score (nSPS) is 24.9. The summed E-state index contributed by atoms with van der Waals surface area (Å²) in [5.74, 6) is 1.10. The van der Waals surface area contributed by atoms with Gasteiger partial charge >= 0.3 is 6.01 Å². The molecule has 4 rings (SSSR count). The van der Waals surface area contributed by atoms with Crippen LogP contribution in [0.2, 0.25) is 0 Å². The molecule has 4 heterocycles. The number of ether oxygens (including phenoxy) is 1. The molecule has 1 atom stereocenters. The fourth-order valence-corrected chi connectivity index (χ4v) is 3.88. The maximum absolute atomic E-state index is 6.02. The van der Waals surface area contributed by atoms with Crippen LogP contribution in [-0.2, 0) is 13.0 Å². The molecule has 0 unspecified atom stereocenters. The topological polar surface area (TPSA) is 65.5 Å². The Morgan fingerprint density at radius 2 is 2.00 bits per heavy atom. The largest absolute Gasteiger partial charge is 0.462 e. The van der Waals surface area contributed by atoms with Crippen molar-refractivity contribution in [3.8, 4) is 6.01 Å². The van der Waals surface area contributed by atoms with Crippen LogP contribution >= 0.6 is 0 Å². The summed E-state index contributed by atoms with van der Waals surface area (Å²) in [7, 11) is 2.17. The van der Waals surface area contributed by atoms with Gasteiger partial charge in [-0.1, -0.05) is 0 Å². The van der Waals surface area contributed by atoms with Crippen LogP contribution in [0.1, 0.15) is 24.1 Å². The summed E-state index contributed by atoms with van der Waals surface area (Å²) >= 11 is 0. The number of likely N-dealkylation sites (N-methyl/N-ethyl adjacent to an activating group) is 1.